The van der Waals surface area contributed by atoms with E-state index in [0.29, 0.717) is 16.3 Å². The summed E-state index contributed by atoms with van der Waals surface area (Å²) in [5, 5.41) is 3.56. The number of anilines is 1. The zero-order valence-corrected chi connectivity index (χ0v) is 13.4. The second-order valence-corrected chi connectivity index (χ2v) is 6.02. The van der Waals surface area contributed by atoms with Crippen LogP contribution in [-0.2, 0) is 10.3 Å². The molecule has 2 aromatic carbocycles. The Balaban J connectivity index is 2.30. The fraction of sp³-hybridized carbons (Fsp3) is 0.133. The van der Waals surface area contributed by atoms with Crippen molar-refractivity contribution in [2.75, 3.05) is 5.32 Å². The first kappa shape index (κ1) is 16.1. The van der Waals surface area contributed by atoms with Crippen LogP contribution in [0.2, 0.25) is 15.1 Å². The maximum absolute atomic E-state index is 12.4. The van der Waals surface area contributed by atoms with Crippen molar-refractivity contribution < 1.29 is 4.79 Å². The van der Waals surface area contributed by atoms with Crippen LogP contribution in [0, 0.1) is 0 Å². The van der Waals surface area contributed by atoms with Crippen molar-refractivity contribution in [1.82, 2.24) is 0 Å². The van der Waals surface area contributed by atoms with Gasteiger partial charge in [0.15, 0.2) is 0 Å². The third-order valence-electron chi connectivity index (χ3n) is 3.09. The Morgan fingerprint density at radius 3 is 2.14 bits per heavy atom. The largest absolute Gasteiger partial charge is 0.322 e. The number of rotatable bonds is 3. The summed E-state index contributed by atoms with van der Waals surface area (Å²) in [5.41, 5.74) is 5.90. The van der Waals surface area contributed by atoms with E-state index in [1.807, 2.05) is 18.2 Å². The maximum Gasteiger partial charge on any atom is 0.248 e. The third-order valence-corrected chi connectivity index (χ3v) is 3.90. The third kappa shape index (κ3) is 3.50. The first-order valence-electron chi connectivity index (χ1n) is 6.13. The molecule has 0 heterocycles. The van der Waals surface area contributed by atoms with Crippen LogP contribution in [-0.4, -0.2) is 5.91 Å². The van der Waals surface area contributed by atoms with E-state index in [0.717, 1.165) is 0 Å². The molecule has 0 aliphatic rings. The van der Waals surface area contributed by atoms with Crippen LogP contribution in [0.4, 0.5) is 5.69 Å². The van der Waals surface area contributed by atoms with Gasteiger partial charge in [-0.05, 0) is 24.6 Å². The second kappa shape index (κ2) is 6.24. The molecule has 0 aromatic heterocycles. The van der Waals surface area contributed by atoms with Gasteiger partial charge in [0.1, 0.15) is 5.54 Å². The van der Waals surface area contributed by atoms with Gasteiger partial charge in [0.2, 0.25) is 5.91 Å². The quantitative estimate of drug-likeness (QED) is 0.864. The molecule has 0 bridgehead atoms. The van der Waals surface area contributed by atoms with E-state index in [9.17, 15) is 4.79 Å². The predicted molar refractivity (Wildman–Crippen MR) is 88.1 cm³/mol. The van der Waals surface area contributed by atoms with Gasteiger partial charge in [0, 0.05) is 5.02 Å². The van der Waals surface area contributed by atoms with Crippen molar-refractivity contribution in [2.45, 2.75) is 12.5 Å². The number of nitrogens with two attached hydrogens (primary N) is 1. The first-order valence-corrected chi connectivity index (χ1v) is 7.26. The minimum Gasteiger partial charge on any atom is -0.322 e. The number of carbonyl (C=O) groups excluding carboxylic acids is 1. The number of nitrogens with one attached hydrogen (secondary N) is 1. The van der Waals surface area contributed by atoms with Gasteiger partial charge in [-0.2, -0.15) is 0 Å². The Morgan fingerprint density at radius 1 is 1.10 bits per heavy atom. The Kier molecular flexibility index (Phi) is 4.79. The van der Waals surface area contributed by atoms with Gasteiger partial charge in [0.05, 0.1) is 15.7 Å². The molecule has 21 heavy (non-hydrogen) atoms. The van der Waals surface area contributed by atoms with Crippen molar-refractivity contribution in [3.05, 3.63) is 63.1 Å². The summed E-state index contributed by atoms with van der Waals surface area (Å²) < 4.78 is 0. The summed E-state index contributed by atoms with van der Waals surface area (Å²) in [6.07, 6.45) is 0. The zero-order valence-electron chi connectivity index (χ0n) is 11.2. The lowest BCUT2D eigenvalue weighted by atomic mass is 9.92. The van der Waals surface area contributed by atoms with Crippen LogP contribution in [0.1, 0.15) is 12.5 Å². The molecular weight excluding hydrogens is 331 g/mol. The molecule has 3 N–H and O–H groups in total. The lowest BCUT2D eigenvalue weighted by Gasteiger charge is -2.24. The molecule has 3 nitrogen and oxygen atoms in total. The molecular formula is C15H13Cl3N2O. The van der Waals surface area contributed by atoms with Gasteiger partial charge in [-0.3, -0.25) is 4.79 Å². The van der Waals surface area contributed by atoms with Crippen molar-refractivity contribution >= 4 is 46.4 Å². The number of benzene rings is 2. The van der Waals surface area contributed by atoms with Crippen LogP contribution in [0.15, 0.2) is 42.5 Å². The fourth-order valence-electron chi connectivity index (χ4n) is 1.82. The zero-order chi connectivity index (χ0) is 15.6. The fourth-order valence-corrected chi connectivity index (χ4v) is 2.73. The maximum atomic E-state index is 12.4. The summed E-state index contributed by atoms with van der Waals surface area (Å²) >= 11 is 17.9. The van der Waals surface area contributed by atoms with Gasteiger partial charge in [-0.25, -0.2) is 0 Å². The number of carbonyl (C=O) groups is 1. The molecule has 0 fully saturated rings. The standard InChI is InChI=1S/C15H13Cl3N2O/c1-15(19,9-5-3-2-4-6-9)14(21)20-13-11(17)7-10(16)8-12(13)18/h2-8H,19H2,1H3,(H,20,21). The Labute approximate surface area is 138 Å². The van der Waals surface area contributed by atoms with Crippen LogP contribution < -0.4 is 11.1 Å². The van der Waals surface area contributed by atoms with Crippen LogP contribution in [0.25, 0.3) is 0 Å². The first-order chi connectivity index (χ1) is 9.82. The van der Waals surface area contributed by atoms with Crippen molar-refractivity contribution in [3.8, 4) is 0 Å². The van der Waals surface area contributed by atoms with Gasteiger partial charge >= 0.3 is 0 Å². The van der Waals surface area contributed by atoms with E-state index in [2.05, 4.69) is 5.32 Å². The van der Waals surface area contributed by atoms with Crippen LogP contribution in [0.3, 0.4) is 0 Å². The van der Waals surface area contributed by atoms with Crippen LogP contribution >= 0.6 is 34.8 Å². The molecule has 1 atom stereocenters. The molecule has 0 aliphatic carbocycles. The molecule has 0 aliphatic heterocycles. The highest BCUT2D eigenvalue weighted by Crippen LogP contribution is 2.34. The molecule has 1 amide bonds. The number of hydrogen-bond acceptors (Lipinski definition) is 2. The highest BCUT2D eigenvalue weighted by Gasteiger charge is 2.31. The predicted octanol–water partition coefficient (Wildman–Crippen LogP) is 4.46. The van der Waals surface area contributed by atoms with E-state index in [1.54, 1.807) is 19.1 Å². The summed E-state index contributed by atoms with van der Waals surface area (Å²) in [7, 11) is 0. The molecule has 2 rings (SSSR count). The Morgan fingerprint density at radius 2 is 1.62 bits per heavy atom. The van der Waals surface area contributed by atoms with E-state index in [4.69, 9.17) is 40.5 Å². The van der Waals surface area contributed by atoms with E-state index >= 15 is 0 Å². The Hall–Kier alpha value is -1.26. The molecule has 2 aromatic rings. The minimum atomic E-state index is -1.21. The normalized spacial score (nSPS) is 13.6. The number of halogens is 3. The average Bonchev–Trinajstić information content (AvgIpc) is 2.43. The van der Waals surface area contributed by atoms with Crippen molar-refractivity contribution in [1.29, 1.82) is 0 Å². The molecule has 6 heteroatoms. The molecule has 0 radical (unpaired) electrons. The van der Waals surface area contributed by atoms with Crippen molar-refractivity contribution in [3.63, 3.8) is 0 Å². The number of hydrogen-bond donors (Lipinski definition) is 2. The molecule has 110 valence electrons. The highest BCUT2D eigenvalue weighted by molar-refractivity contribution is 6.42. The smallest absolute Gasteiger partial charge is 0.248 e. The molecule has 0 saturated heterocycles. The SMILES string of the molecule is CC(N)(C(=O)Nc1c(Cl)cc(Cl)cc1Cl)c1ccccc1. The summed E-state index contributed by atoms with van der Waals surface area (Å²) in [5.74, 6) is -0.417. The topological polar surface area (TPSA) is 55.1 Å². The molecule has 1 unspecified atom stereocenters. The summed E-state index contributed by atoms with van der Waals surface area (Å²) in [4.78, 5) is 12.4. The highest BCUT2D eigenvalue weighted by atomic mass is 35.5. The van der Waals surface area contributed by atoms with E-state index < -0.39 is 11.4 Å². The van der Waals surface area contributed by atoms with E-state index in [-0.39, 0.29) is 10.0 Å². The summed E-state index contributed by atoms with van der Waals surface area (Å²) in [6, 6.07) is 12.0. The monoisotopic (exact) mass is 342 g/mol. The van der Waals surface area contributed by atoms with Gasteiger partial charge in [0.25, 0.3) is 0 Å². The molecule has 0 saturated carbocycles. The number of amides is 1. The second-order valence-electron chi connectivity index (χ2n) is 4.77. The van der Waals surface area contributed by atoms with Gasteiger partial charge < -0.3 is 11.1 Å². The van der Waals surface area contributed by atoms with Gasteiger partial charge in [-0.1, -0.05) is 65.1 Å². The minimum absolute atomic E-state index is 0.254. The average molecular weight is 344 g/mol. The molecule has 0 spiro atoms. The van der Waals surface area contributed by atoms with Crippen LogP contribution in [0.5, 0.6) is 0 Å². The lowest BCUT2D eigenvalue weighted by Crippen LogP contribution is -2.45. The van der Waals surface area contributed by atoms with E-state index in [1.165, 1.54) is 12.1 Å². The Bertz CT molecular complexity index is 649. The summed E-state index contributed by atoms with van der Waals surface area (Å²) in [6.45, 7) is 1.62. The van der Waals surface area contributed by atoms with Gasteiger partial charge in [-0.15, -0.1) is 0 Å². The van der Waals surface area contributed by atoms with Crippen molar-refractivity contribution in [2.24, 2.45) is 5.73 Å². The lowest BCUT2D eigenvalue weighted by molar-refractivity contribution is -0.120.